The molecule has 0 fully saturated rings. The molecule has 3 rings (SSSR count). The lowest BCUT2D eigenvalue weighted by Crippen LogP contribution is -2.12. The Labute approximate surface area is 180 Å². The maximum absolute atomic E-state index is 13.3. The van der Waals surface area contributed by atoms with Crippen LogP contribution in [0.4, 0.5) is 13.2 Å². The van der Waals surface area contributed by atoms with Crippen LogP contribution in [0, 0.1) is 17.9 Å². The minimum Gasteiger partial charge on any atom is -0.478 e. The van der Waals surface area contributed by atoms with Crippen LogP contribution in [0.3, 0.4) is 0 Å². The number of nitriles is 1. The molecule has 1 heterocycles. The molecule has 1 aliphatic heterocycles. The van der Waals surface area contributed by atoms with E-state index in [-0.39, 0.29) is 27.2 Å². The first kappa shape index (κ1) is 22.5. The Kier molecular flexibility index (Phi) is 5.76. The number of rotatable bonds is 3. The molecule has 32 heavy (non-hydrogen) atoms. The van der Waals surface area contributed by atoms with Gasteiger partial charge < -0.3 is 5.11 Å². The second-order valence-corrected chi connectivity index (χ2v) is 8.40. The lowest BCUT2D eigenvalue weighted by Gasteiger charge is -2.19. The lowest BCUT2D eigenvalue weighted by atomic mass is 10.0. The number of carboxylic acid groups (broad SMARTS) is 1. The summed E-state index contributed by atoms with van der Waals surface area (Å²) < 4.78 is 66.1. The fourth-order valence-electron chi connectivity index (χ4n) is 2.99. The number of nitrogens with zero attached hydrogens (tertiary/aromatic N) is 2. The van der Waals surface area contributed by atoms with Crippen LogP contribution in [0.25, 0.3) is 14.7 Å². The van der Waals surface area contributed by atoms with Crippen LogP contribution in [0.1, 0.15) is 27.0 Å². The maximum Gasteiger partial charge on any atom is 0.416 e. The summed E-state index contributed by atoms with van der Waals surface area (Å²) in [5.41, 5.74) is -1.94. The second-order valence-electron chi connectivity index (χ2n) is 6.51. The van der Waals surface area contributed by atoms with Gasteiger partial charge >= 0.3 is 12.1 Å². The maximum atomic E-state index is 13.3. The minimum atomic E-state index is -4.71. The first-order chi connectivity index (χ1) is 15.0. The fourth-order valence-corrected chi connectivity index (χ4v) is 4.68. The Morgan fingerprint density at radius 2 is 1.62 bits per heavy atom. The SMILES string of the molecule is [C-]#[N+]/C(C#N)=C1/C=C(c2ccc(C(=O)O)cc2)S(=O)(=O)C(c2cccc(C(F)(F)F)c2)=C1. The van der Waals surface area contributed by atoms with Crippen molar-refractivity contribution < 1.29 is 31.5 Å². The molecule has 2 aromatic rings. The number of allylic oxidation sites excluding steroid dienone is 4. The Balaban J connectivity index is 2.28. The summed E-state index contributed by atoms with van der Waals surface area (Å²) in [6, 6.07) is 10.1. The molecule has 0 atom stereocenters. The summed E-state index contributed by atoms with van der Waals surface area (Å²) in [6.45, 7) is 7.15. The summed E-state index contributed by atoms with van der Waals surface area (Å²) in [5, 5.41) is 18.3. The third-order valence-corrected chi connectivity index (χ3v) is 6.40. The standard InChI is InChI=1S/C22H11F3N2O4S/c1-27-18(12-26)16-10-19(13-5-7-14(8-6-13)21(28)29)32(30,31)20(11-16)15-3-2-4-17(9-15)22(23,24)25/h2-11H,(H,28,29)/b18-16-. The van der Waals surface area contributed by atoms with E-state index in [1.807, 2.05) is 0 Å². The largest absolute Gasteiger partial charge is 0.478 e. The molecule has 0 amide bonds. The predicted octanol–water partition coefficient (Wildman–Crippen LogP) is 4.91. The molecule has 6 nitrogen and oxygen atoms in total. The van der Waals surface area contributed by atoms with Crippen LogP contribution in [0.15, 0.2) is 72.0 Å². The molecule has 0 unspecified atom stereocenters. The van der Waals surface area contributed by atoms with E-state index in [1.54, 1.807) is 6.07 Å². The van der Waals surface area contributed by atoms with Crippen LogP contribution >= 0.6 is 0 Å². The Bertz CT molecular complexity index is 1390. The molecule has 1 N–H and O–H groups in total. The first-order valence-corrected chi connectivity index (χ1v) is 10.2. The Morgan fingerprint density at radius 1 is 1.03 bits per heavy atom. The van der Waals surface area contributed by atoms with Crippen molar-refractivity contribution in [1.82, 2.24) is 0 Å². The van der Waals surface area contributed by atoms with Gasteiger partial charge in [0.2, 0.25) is 9.84 Å². The molecule has 10 heteroatoms. The highest BCUT2D eigenvalue weighted by molar-refractivity contribution is 8.09. The van der Waals surface area contributed by atoms with Crippen molar-refractivity contribution in [3.8, 4) is 6.07 Å². The van der Waals surface area contributed by atoms with Gasteiger partial charge in [-0.15, -0.1) is 0 Å². The van der Waals surface area contributed by atoms with Crippen LogP contribution < -0.4 is 0 Å². The smallest absolute Gasteiger partial charge is 0.416 e. The fraction of sp³-hybridized carbons (Fsp3) is 0.0455. The number of benzene rings is 2. The molecule has 0 radical (unpaired) electrons. The second kappa shape index (κ2) is 8.17. The van der Waals surface area contributed by atoms with E-state index in [0.29, 0.717) is 6.07 Å². The highest BCUT2D eigenvalue weighted by Gasteiger charge is 2.34. The van der Waals surface area contributed by atoms with Gasteiger partial charge in [0.1, 0.15) is 0 Å². The van der Waals surface area contributed by atoms with Crippen molar-refractivity contribution in [2.45, 2.75) is 6.18 Å². The van der Waals surface area contributed by atoms with E-state index in [2.05, 4.69) is 4.85 Å². The summed E-state index contributed by atoms with van der Waals surface area (Å²) in [5.74, 6) is -1.23. The molecule has 0 bridgehead atoms. The van der Waals surface area contributed by atoms with Gasteiger partial charge in [-0.05, 0) is 53.1 Å². The van der Waals surface area contributed by atoms with Gasteiger partial charge in [0.15, 0.2) is 0 Å². The van der Waals surface area contributed by atoms with Gasteiger partial charge in [-0.1, -0.05) is 24.3 Å². The van der Waals surface area contributed by atoms with Crippen molar-refractivity contribution >= 4 is 25.6 Å². The molecular formula is C22H11F3N2O4S. The van der Waals surface area contributed by atoms with Gasteiger partial charge in [0, 0.05) is 0 Å². The first-order valence-electron chi connectivity index (χ1n) is 8.70. The van der Waals surface area contributed by atoms with Gasteiger partial charge in [-0.25, -0.2) is 23.3 Å². The van der Waals surface area contributed by atoms with E-state index in [4.69, 9.17) is 11.7 Å². The van der Waals surface area contributed by atoms with E-state index < -0.39 is 38.1 Å². The molecule has 0 spiro atoms. The number of hydrogen-bond acceptors (Lipinski definition) is 4. The number of aromatic carboxylic acids is 1. The third kappa shape index (κ3) is 4.17. The molecule has 2 aromatic carbocycles. The van der Waals surface area contributed by atoms with Gasteiger partial charge in [-0.3, -0.25) is 0 Å². The number of hydrogen-bond donors (Lipinski definition) is 1. The zero-order valence-corrected chi connectivity index (χ0v) is 16.7. The average Bonchev–Trinajstić information content (AvgIpc) is 2.74. The van der Waals surface area contributed by atoms with Gasteiger partial charge in [0.25, 0.3) is 5.70 Å². The number of halogens is 3. The molecule has 0 saturated carbocycles. The molecule has 160 valence electrons. The lowest BCUT2D eigenvalue weighted by molar-refractivity contribution is -0.137. The highest BCUT2D eigenvalue weighted by atomic mass is 32.2. The summed E-state index contributed by atoms with van der Waals surface area (Å²) in [6.07, 6.45) is -2.66. The van der Waals surface area contributed by atoms with Crippen molar-refractivity contribution in [2.75, 3.05) is 0 Å². The van der Waals surface area contributed by atoms with Crippen LogP contribution in [-0.4, -0.2) is 19.5 Å². The summed E-state index contributed by atoms with van der Waals surface area (Å²) in [4.78, 5) is 13.2. The molecule has 0 saturated heterocycles. The van der Waals surface area contributed by atoms with Crippen LogP contribution in [-0.2, 0) is 16.0 Å². The minimum absolute atomic E-state index is 0.0485. The van der Waals surface area contributed by atoms with Crippen molar-refractivity contribution in [1.29, 1.82) is 5.26 Å². The molecule has 0 aromatic heterocycles. The average molecular weight is 456 g/mol. The predicted molar refractivity (Wildman–Crippen MR) is 109 cm³/mol. The zero-order chi connectivity index (χ0) is 23.7. The third-order valence-electron chi connectivity index (χ3n) is 4.53. The number of sulfone groups is 1. The van der Waals surface area contributed by atoms with Crippen molar-refractivity contribution in [3.05, 3.63) is 106 Å². The van der Waals surface area contributed by atoms with Crippen LogP contribution in [0.5, 0.6) is 0 Å². The highest BCUT2D eigenvalue weighted by Crippen LogP contribution is 2.40. The van der Waals surface area contributed by atoms with E-state index in [1.165, 1.54) is 30.3 Å². The number of carbonyl (C=O) groups is 1. The van der Waals surface area contributed by atoms with E-state index in [9.17, 15) is 31.6 Å². The van der Waals surface area contributed by atoms with Crippen molar-refractivity contribution in [3.63, 3.8) is 0 Å². The van der Waals surface area contributed by atoms with Gasteiger partial charge in [0.05, 0.1) is 33.6 Å². The molecule has 1 aliphatic rings. The van der Waals surface area contributed by atoms with E-state index in [0.717, 1.165) is 24.3 Å². The quantitative estimate of drug-likeness (QED) is 0.523. The van der Waals surface area contributed by atoms with E-state index >= 15 is 0 Å². The normalized spacial score (nSPS) is 16.8. The Hall–Kier alpha value is -4.15. The topological polar surface area (TPSA) is 99.6 Å². The monoisotopic (exact) mass is 456 g/mol. The number of alkyl halides is 3. The van der Waals surface area contributed by atoms with Gasteiger partial charge in [-0.2, -0.15) is 13.2 Å². The van der Waals surface area contributed by atoms with Crippen LogP contribution in [0.2, 0.25) is 0 Å². The summed E-state index contributed by atoms with van der Waals surface area (Å²) >= 11 is 0. The zero-order valence-electron chi connectivity index (χ0n) is 15.9. The number of carboxylic acids is 1. The summed E-state index contributed by atoms with van der Waals surface area (Å²) in [7, 11) is -4.39. The Morgan fingerprint density at radius 3 is 2.12 bits per heavy atom. The molecular weight excluding hydrogens is 445 g/mol. The van der Waals surface area contributed by atoms with Crippen molar-refractivity contribution in [2.24, 2.45) is 0 Å². The molecule has 0 aliphatic carbocycles.